The Hall–Kier alpha value is -1.01. The summed E-state index contributed by atoms with van der Waals surface area (Å²) < 4.78 is 16.1. The van der Waals surface area contributed by atoms with Crippen LogP contribution >= 0.6 is 11.6 Å². The molecule has 0 atom stereocenters. The summed E-state index contributed by atoms with van der Waals surface area (Å²) in [6.45, 7) is 3.47. The van der Waals surface area contributed by atoms with E-state index in [1.165, 1.54) is 0 Å². The average molecular weight is 288 g/mol. The minimum Gasteiger partial charge on any atom is -0.486 e. The van der Waals surface area contributed by atoms with Gasteiger partial charge < -0.3 is 24.6 Å². The Morgan fingerprint density at radius 1 is 1.26 bits per heavy atom. The molecule has 1 aromatic rings. The van der Waals surface area contributed by atoms with Gasteiger partial charge in [0.2, 0.25) is 0 Å². The van der Waals surface area contributed by atoms with Gasteiger partial charge in [0.1, 0.15) is 13.2 Å². The van der Waals surface area contributed by atoms with Crippen molar-refractivity contribution in [3.63, 3.8) is 0 Å². The molecule has 5 nitrogen and oxygen atoms in total. The van der Waals surface area contributed by atoms with E-state index in [1.807, 2.05) is 12.1 Å². The molecule has 0 radical (unpaired) electrons. The van der Waals surface area contributed by atoms with E-state index < -0.39 is 0 Å². The smallest absolute Gasteiger partial charge is 0.179 e. The molecule has 0 fully saturated rings. The molecule has 0 spiro atoms. The second-order valence-corrected chi connectivity index (χ2v) is 4.52. The molecule has 2 N–H and O–H groups in total. The summed E-state index contributed by atoms with van der Waals surface area (Å²) in [5.41, 5.74) is 1.04. The van der Waals surface area contributed by atoms with Crippen LogP contribution in [0.4, 0.5) is 0 Å². The minimum atomic E-state index is 0.0533. The van der Waals surface area contributed by atoms with Crippen molar-refractivity contribution in [3.8, 4) is 11.5 Å². The summed E-state index contributed by atoms with van der Waals surface area (Å²) in [5, 5.41) is 12.4. The number of aliphatic hydroxyl groups excluding tert-OH is 1. The molecule has 2 rings (SSSR count). The molecule has 0 aliphatic carbocycles. The molecule has 1 aromatic carbocycles. The van der Waals surface area contributed by atoms with Gasteiger partial charge in [-0.1, -0.05) is 11.6 Å². The third kappa shape index (κ3) is 4.24. The van der Waals surface area contributed by atoms with Crippen LogP contribution in [0.25, 0.3) is 0 Å². The first-order valence-electron chi connectivity index (χ1n) is 6.28. The summed E-state index contributed by atoms with van der Waals surface area (Å²) >= 11 is 6.14. The van der Waals surface area contributed by atoms with Crippen LogP contribution in [-0.2, 0) is 11.3 Å². The SMILES string of the molecule is OCCOCCNCc1cc(Cl)c2c(c1)OCCO2. The minimum absolute atomic E-state index is 0.0533. The second kappa shape index (κ2) is 7.55. The predicted octanol–water partition coefficient (Wildman–Crippen LogP) is 1.21. The van der Waals surface area contributed by atoms with E-state index in [1.54, 1.807) is 0 Å². The first-order chi connectivity index (χ1) is 9.31. The monoisotopic (exact) mass is 287 g/mol. The van der Waals surface area contributed by atoms with E-state index >= 15 is 0 Å². The number of rotatable bonds is 7. The number of halogens is 1. The molecule has 1 aliphatic rings. The highest BCUT2D eigenvalue weighted by atomic mass is 35.5. The van der Waals surface area contributed by atoms with E-state index in [2.05, 4.69) is 5.32 Å². The zero-order chi connectivity index (χ0) is 13.5. The van der Waals surface area contributed by atoms with Gasteiger partial charge in [0, 0.05) is 13.1 Å². The zero-order valence-corrected chi connectivity index (χ0v) is 11.4. The highest BCUT2D eigenvalue weighted by Gasteiger charge is 2.16. The average Bonchev–Trinajstić information content (AvgIpc) is 2.43. The molecule has 106 valence electrons. The molecule has 0 saturated heterocycles. The van der Waals surface area contributed by atoms with Gasteiger partial charge in [-0.3, -0.25) is 0 Å². The Morgan fingerprint density at radius 2 is 2.11 bits per heavy atom. The maximum atomic E-state index is 8.56. The lowest BCUT2D eigenvalue weighted by molar-refractivity contribution is 0.0938. The van der Waals surface area contributed by atoms with Crippen molar-refractivity contribution in [2.24, 2.45) is 0 Å². The molecule has 1 heterocycles. The first-order valence-corrected chi connectivity index (χ1v) is 6.66. The standard InChI is InChI=1S/C13H18ClNO4/c14-11-7-10(9-15-1-3-17-4-2-16)8-12-13(11)19-6-5-18-12/h7-8,15-16H,1-6,9H2. The molecule has 0 unspecified atom stereocenters. The van der Waals surface area contributed by atoms with Gasteiger partial charge in [0.05, 0.1) is 24.8 Å². The number of hydrogen-bond donors (Lipinski definition) is 2. The summed E-state index contributed by atoms with van der Waals surface area (Å²) in [5.74, 6) is 1.33. The van der Waals surface area contributed by atoms with E-state index in [0.29, 0.717) is 56.0 Å². The number of fused-ring (bicyclic) bond motifs is 1. The van der Waals surface area contributed by atoms with Gasteiger partial charge in [-0.05, 0) is 17.7 Å². The predicted molar refractivity (Wildman–Crippen MR) is 72.1 cm³/mol. The maximum absolute atomic E-state index is 8.56. The van der Waals surface area contributed by atoms with Gasteiger partial charge in [0.25, 0.3) is 0 Å². The van der Waals surface area contributed by atoms with E-state index in [4.69, 9.17) is 30.9 Å². The number of hydrogen-bond acceptors (Lipinski definition) is 5. The van der Waals surface area contributed by atoms with Gasteiger partial charge in [-0.15, -0.1) is 0 Å². The van der Waals surface area contributed by atoms with Crippen molar-refractivity contribution in [2.45, 2.75) is 6.54 Å². The van der Waals surface area contributed by atoms with Crippen molar-refractivity contribution in [1.82, 2.24) is 5.32 Å². The van der Waals surface area contributed by atoms with Gasteiger partial charge >= 0.3 is 0 Å². The molecule has 0 saturated carbocycles. The lowest BCUT2D eigenvalue weighted by atomic mass is 10.2. The fourth-order valence-corrected chi connectivity index (χ4v) is 2.10. The van der Waals surface area contributed by atoms with E-state index in [0.717, 1.165) is 5.56 Å². The number of benzene rings is 1. The van der Waals surface area contributed by atoms with Crippen LogP contribution < -0.4 is 14.8 Å². The van der Waals surface area contributed by atoms with Gasteiger partial charge in [-0.2, -0.15) is 0 Å². The highest BCUT2D eigenvalue weighted by molar-refractivity contribution is 6.32. The van der Waals surface area contributed by atoms with Crippen molar-refractivity contribution >= 4 is 11.6 Å². The van der Waals surface area contributed by atoms with Gasteiger partial charge in [-0.25, -0.2) is 0 Å². The van der Waals surface area contributed by atoms with Crippen LogP contribution in [-0.4, -0.2) is 44.7 Å². The largest absolute Gasteiger partial charge is 0.486 e. The van der Waals surface area contributed by atoms with Crippen LogP contribution in [0.5, 0.6) is 11.5 Å². The second-order valence-electron chi connectivity index (χ2n) is 4.11. The third-order valence-electron chi connectivity index (χ3n) is 2.64. The van der Waals surface area contributed by atoms with Crippen molar-refractivity contribution in [2.75, 3.05) is 39.6 Å². The molecule has 1 aliphatic heterocycles. The molecule has 0 aromatic heterocycles. The van der Waals surface area contributed by atoms with Crippen LogP contribution in [0, 0.1) is 0 Å². The summed E-state index contributed by atoms with van der Waals surface area (Å²) in [6, 6.07) is 3.80. The number of nitrogens with one attached hydrogen (secondary N) is 1. The number of ether oxygens (including phenoxy) is 3. The Labute approximate surface area is 117 Å². The maximum Gasteiger partial charge on any atom is 0.179 e. The lowest BCUT2D eigenvalue weighted by Gasteiger charge is -2.20. The van der Waals surface area contributed by atoms with Crippen LogP contribution in [0.2, 0.25) is 5.02 Å². The summed E-state index contributed by atoms with van der Waals surface area (Å²) in [4.78, 5) is 0. The molecular weight excluding hydrogens is 270 g/mol. The fourth-order valence-electron chi connectivity index (χ4n) is 1.81. The van der Waals surface area contributed by atoms with E-state index in [-0.39, 0.29) is 6.61 Å². The van der Waals surface area contributed by atoms with E-state index in [9.17, 15) is 0 Å². The molecule has 19 heavy (non-hydrogen) atoms. The zero-order valence-electron chi connectivity index (χ0n) is 10.7. The van der Waals surface area contributed by atoms with Crippen molar-refractivity contribution in [1.29, 1.82) is 0 Å². The van der Waals surface area contributed by atoms with Gasteiger partial charge in [0.15, 0.2) is 11.5 Å². The molecular formula is C13H18ClNO4. The highest BCUT2D eigenvalue weighted by Crippen LogP contribution is 2.38. The third-order valence-corrected chi connectivity index (χ3v) is 2.93. The summed E-state index contributed by atoms with van der Waals surface area (Å²) in [7, 11) is 0. The quantitative estimate of drug-likeness (QED) is 0.738. The van der Waals surface area contributed by atoms with Crippen LogP contribution in [0.3, 0.4) is 0 Å². The first kappa shape index (κ1) is 14.4. The molecule has 6 heteroatoms. The Kier molecular flexibility index (Phi) is 5.72. The lowest BCUT2D eigenvalue weighted by Crippen LogP contribution is -2.20. The fraction of sp³-hybridized carbons (Fsp3) is 0.538. The number of aliphatic hydroxyl groups is 1. The van der Waals surface area contributed by atoms with Crippen molar-refractivity contribution < 1.29 is 19.3 Å². The Balaban J connectivity index is 1.82. The Bertz CT molecular complexity index is 414. The van der Waals surface area contributed by atoms with Crippen LogP contribution in [0.15, 0.2) is 12.1 Å². The van der Waals surface area contributed by atoms with Crippen molar-refractivity contribution in [3.05, 3.63) is 22.7 Å². The normalized spacial score (nSPS) is 13.6. The molecule has 0 bridgehead atoms. The van der Waals surface area contributed by atoms with Crippen LogP contribution in [0.1, 0.15) is 5.56 Å². The molecule has 0 amide bonds. The Morgan fingerprint density at radius 3 is 2.95 bits per heavy atom. The summed E-state index contributed by atoms with van der Waals surface area (Å²) in [6.07, 6.45) is 0. The topological polar surface area (TPSA) is 60.0 Å².